The molecule has 1 aromatic carbocycles. The molecule has 0 aliphatic heterocycles. The molecule has 0 heterocycles. The summed E-state index contributed by atoms with van der Waals surface area (Å²) >= 11 is 0. The molecule has 0 bridgehead atoms. The van der Waals surface area contributed by atoms with Gasteiger partial charge in [-0.1, -0.05) is 13.3 Å². The van der Waals surface area contributed by atoms with Gasteiger partial charge in [-0.2, -0.15) is 0 Å². The number of nitrogens with one attached hydrogen (secondary N) is 1. The van der Waals surface area contributed by atoms with Crippen molar-refractivity contribution in [1.82, 2.24) is 5.48 Å². The molecule has 5 nitrogen and oxygen atoms in total. The minimum Gasteiger partial charge on any atom is -0.310 e. The number of hydrogen-bond acceptors (Lipinski definition) is 3. The minimum absolute atomic E-state index is 0.0527. The second kappa shape index (κ2) is 7.65. The van der Waals surface area contributed by atoms with E-state index in [9.17, 15) is 9.59 Å². The summed E-state index contributed by atoms with van der Waals surface area (Å²) in [6.07, 6.45) is 2.37. The lowest BCUT2D eigenvalue weighted by Crippen LogP contribution is -2.36. The van der Waals surface area contributed by atoms with Crippen molar-refractivity contribution in [2.45, 2.75) is 46.1 Å². The average Bonchev–Trinajstić information content (AvgIpc) is 2.44. The number of carbonyl (C=O) groups is 2. The molecule has 0 fully saturated rings. The van der Waals surface area contributed by atoms with Crippen LogP contribution in [0.4, 0.5) is 5.69 Å². The van der Waals surface area contributed by atoms with Crippen molar-refractivity contribution in [2.24, 2.45) is 0 Å². The fourth-order valence-electron chi connectivity index (χ4n) is 2.02. The number of hydroxylamine groups is 1. The van der Waals surface area contributed by atoms with Crippen LogP contribution in [0.3, 0.4) is 0 Å². The molecule has 1 rings (SSSR count). The normalized spacial score (nSPS) is 10.4. The van der Waals surface area contributed by atoms with Crippen LogP contribution >= 0.6 is 0 Å². The fourth-order valence-corrected chi connectivity index (χ4v) is 2.02. The summed E-state index contributed by atoms with van der Waals surface area (Å²) in [5.74, 6) is -0.480. The summed E-state index contributed by atoms with van der Waals surface area (Å²) in [4.78, 5) is 25.2. The van der Waals surface area contributed by atoms with Crippen molar-refractivity contribution in [3.8, 4) is 0 Å². The molecule has 20 heavy (non-hydrogen) atoms. The topological polar surface area (TPSA) is 69.6 Å². The standard InChI is InChI=1S/C15H22N2O3/c1-4-5-6-14(18)17(11(2)3)13-9-7-12(8-10-13)15(19)16-20/h7-11,20H,4-6H2,1-3H3,(H,16,19). The van der Waals surface area contributed by atoms with E-state index in [-0.39, 0.29) is 11.9 Å². The molecular weight excluding hydrogens is 256 g/mol. The molecule has 0 atom stereocenters. The molecule has 0 unspecified atom stereocenters. The Balaban J connectivity index is 2.92. The quantitative estimate of drug-likeness (QED) is 0.621. The van der Waals surface area contributed by atoms with Gasteiger partial charge in [-0.25, -0.2) is 5.48 Å². The molecule has 0 aliphatic rings. The zero-order valence-corrected chi connectivity index (χ0v) is 12.2. The Morgan fingerprint density at radius 3 is 2.30 bits per heavy atom. The van der Waals surface area contributed by atoms with Crippen molar-refractivity contribution < 1.29 is 14.8 Å². The summed E-state index contributed by atoms with van der Waals surface area (Å²) in [6.45, 7) is 5.96. The number of anilines is 1. The molecule has 2 amide bonds. The van der Waals surface area contributed by atoms with Crippen molar-refractivity contribution in [3.05, 3.63) is 29.8 Å². The lowest BCUT2D eigenvalue weighted by molar-refractivity contribution is -0.119. The fraction of sp³-hybridized carbons (Fsp3) is 0.467. The van der Waals surface area contributed by atoms with Crippen LogP contribution in [0.5, 0.6) is 0 Å². The van der Waals surface area contributed by atoms with Gasteiger partial charge in [-0.15, -0.1) is 0 Å². The van der Waals surface area contributed by atoms with Crippen LogP contribution in [0, 0.1) is 0 Å². The first-order valence-corrected chi connectivity index (χ1v) is 6.87. The van der Waals surface area contributed by atoms with Gasteiger partial charge in [0.15, 0.2) is 0 Å². The third-order valence-corrected chi connectivity index (χ3v) is 3.04. The predicted molar refractivity (Wildman–Crippen MR) is 77.8 cm³/mol. The Hall–Kier alpha value is -1.88. The van der Waals surface area contributed by atoms with Gasteiger partial charge in [0.25, 0.3) is 5.91 Å². The molecule has 0 radical (unpaired) electrons. The first-order chi connectivity index (χ1) is 9.51. The highest BCUT2D eigenvalue weighted by molar-refractivity contribution is 5.96. The Bertz CT molecular complexity index is 455. The first-order valence-electron chi connectivity index (χ1n) is 6.87. The van der Waals surface area contributed by atoms with E-state index in [0.717, 1.165) is 18.5 Å². The molecule has 5 heteroatoms. The van der Waals surface area contributed by atoms with Gasteiger partial charge in [-0.3, -0.25) is 14.8 Å². The van der Waals surface area contributed by atoms with Gasteiger partial charge in [0.1, 0.15) is 0 Å². The summed E-state index contributed by atoms with van der Waals surface area (Å²) in [7, 11) is 0. The molecular formula is C15H22N2O3. The number of amides is 2. The smallest absolute Gasteiger partial charge is 0.274 e. The lowest BCUT2D eigenvalue weighted by Gasteiger charge is -2.27. The molecule has 0 spiro atoms. The van der Waals surface area contributed by atoms with E-state index >= 15 is 0 Å². The van der Waals surface area contributed by atoms with E-state index in [4.69, 9.17) is 5.21 Å². The number of rotatable bonds is 6. The Labute approximate surface area is 119 Å². The van der Waals surface area contributed by atoms with Crippen molar-refractivity contribution in [1.29, 1.82) is 0 Å². The molecule has 110 valence electrons. The summed E-state index contributed by atoms with van der Waals surface area (Å²) < 4.78 is 0. The summed E-state index contributed by atoms with van der Waals surface area (Å²) in [5, 5.41) is 8.58. The van der Waals surface area contributed by atoms with E-state index in [2.05, 4.69) is 6.92 Å². The zero-order valence-electron chi connectivity index (χ0n) is 12.2. The summed E-state index contributed by atoms with van der Waals surface area (Å²) in [5.41, 5.74) is 2.69. The highest BCUT2D eigenvalue weighted by atomic mass is 16.5. The second-order valence-corrected chi connectivity index (χ2v) is 4.95. The lowest BCUT2D eigenvalue weighted by atomic mass is 10.1. The maximum absolute atomic E-state index is 12.2. The molecule has 2 N–H and O–H groups in total. The third-order valence-electron chi connectivity index (χ3n) is 3.04. The molecule has 0 saturated carbocycles. The van der Waals surface area contributed by atoms with Gasteiger partial charge in [0, 0.05) is 23.7 Å². The van der Waals surface area contributed by atoms with Gasteiger partial charge in [0.05, 0.1) is 0 Å². The van der Waals surface area contributed by atoms with Gasteiger partial charge < -0.3 is 4.90 Å². The SMILES string of the molecule is CCCCC(=O)N(c1ccc(C(=O)NO)cc1)C(C)C. The van der Waals surface area contributed by atoms with Crippen LogP contribution in [-0.2, 0) is 4.79 Å². The molecule has 0 aliphatic carbocycles. The number of hydrogen-bond donors (Lipinski definition) is 2. The Morgan fingerprint density at radius 2 is 1.85 bits per heavy atom. The van der Waals surface area contributed by atoms with Crippen molar-refractivity contribution in [3.63, 3.8) is 0 Å². The molecule has 0 saturated heterocycles. The van der Waals surface area contributed by atoms with E-state index in [1.807, 2.05) is 13.8 Å². The Kier molecular flexibility index (Phi) is 6.18. The van der Waals surface area contributed by atoms with Crippen molar-refractivity contribution in [2.75, 3.05) is 4.90 Å². The second-order valence-electron chi connectivity index (χ2n) is 4.95. The van der Waals surface area contributed by atoms with E-state index in [1.54, 1.807) is 34.6 Å². The van der Waals surface area contributed by atoms with Crippen molar-refractivity contribution >= 4 is 17.5 Å². The number of benzene rings is 1. The monoisotopic (exact) mass is 278 g/mol. The molecule has 0 aromatic heterocycles. The van der Waals surface area contributed by atoms with E-state index < -0.39 is 5.91 Å². The number of carbonyl (C=O) groups excluding carboxylic acids is 2. The van der Waals surface area contributed by atoms with Crippen LogP contribution < -0.4 is 10.4 Å². The maximum atomic E-state index is 12.2. The maximum Gasteiger partial charge on any atom is 0.274 e. The zero-order chi connectivity index (χ0) is 15.1. The van der Waals surface area contributed by atoms with Gasteiger partial charge in [0.2, 0.25) is 5.91 Å². The first kappa shape index (κ1) is 16.2. The van der Waals surface area contributed by atoms with Crippen LogP contribution in [-0.4, -0.2) is 23.1 Å². The van der Waals surface area contributed by atoms with E-state index in [0.29, 0.717) is 12.0 Å². The van der Waals surface area contributed by atoms with Crippen LogP contribution in [0.2, 0.25) is 0 Å². The highest BCUT2D eigenvalue weighted by Crippen LogP contribution is 2.20. The summed E-state index contributed by atoms with van der Waals surface area (Å²) in [6, 6.07) is 6.66. The highest BCUT2D eigenvalue weighted by Gasteiger charge is 2.18. The van der Waals surface area contributed by atoms with E-state index in [1.165, 1.54) is 0 Å². The molecule has 1 aromatic rings. The van der Waals surface area contributed by atoms with Gasteiger partial charge >= 0.3 is 0 Å². The minimum atomic E-state index is -0.565. The third kappa shape index (κ3) is 4.06. The van der Waals surface area contributed by atoms with Gasteiger partial charge in [-0.05, 0) is 44.5 Å². The van der Waals surface area contributed by atoms with Crippen LogP contribution in [0.15, 0.2) is 24.3 Å². The number of unbranched alkanes of at least 4 members (excludes halogenated alkanes) is 1. The largest absolute Gasteiger partial charge is 0.310 e. The average molecular weight is 278 g/mol. The van der Waals surface area contributed by atoms with Crippen LogP contribution in [0.1, 0.15) is 50.4 Å². The Morgan fingerprint density at radius 1 is 1.25 bits per heavy atom. The predicted octanol–water partition coefficient (Wildman–Crippen LogP) is 2.74. The van der Waals surface area contributed by atoms with Crippen LogP contribution in [0.25, 0.3) is 0 Å². The number of nitrogens with zero attached hydrogens (tertiary/aromatic N) is 1.